The van der Waals surface area contributed by atoms with Crippen LogP contribution in [0, 0.1) is 0 Å². The van der Waals surface area contributed by atoms with Crippen molar-refractivity contribution in [2.45, 2.75) is 33.2 Å². The number of thiazole rings is 1. The highest BCUT2D eigenvalue weighted by atomic mass is 32.1. The third-order valence-corrected chi connectivity index (χ3v) is 3.69. The lowest BCUT2D eigenvalue weighted by molar-refractivity contribution is -0.144. The van der Waals surface area contributed by atoms with Crippen LogP contribution in [0.1, 0.15) is 37.4 Å². The highest BCUT2D eigenvalue weighted by molar-refractivity contribution is 7.09. The maximum absolute atomic E-state index is 11.5. The van der Waals surface area contributed by atoms with Gasteiger partial charge in [0.05, 0.1) is 23.9 Å². The van der Waals surface area contributed by atoms with Crippen molar-refractivity contribution in [1.82, 2.24) is 9.88 Å². The van der Waals surface area contributed by atoms with Gasteiger partial charge in [-0.15, -0.1) is 17.9 Å². The van der Waals surface area contributed by atoms with Gasteiger partial charge in [0.25, 0.3) is 0 Å². The molecule has 0 N–H and O–H groups in total. The molecule has 5 heteroatoms. The van der Waals surface area contributed by atoms with Gasteiger partial charge in [0.2, 0.25) is 0 Å². The molecule has 106 valence electrons. The number of aromatic nitrogens is 1. The average molecular weight is 282 g/mol. The Morgan fingerprint density at radius 2 is 2.37 bits per heavy atom. The van der Waals surface area contributed by atoms with Crippen LogP contribution in [0.2, 0.25) is 0 Å². The van der Waals surface area contributed by atoms with E-state index in [-0.39, 0.29) is 12.5 Å². The zero-order valence-corrected chi connectivity index (χ0v) is 12.7. The van der Waals surface area contributed by atoms with E-state index in [2.05, 4.69) is 30.8 Å². The largest absolute Gasteiger partial charge is 0.465 e. The molecule has 1 aromatic rings. The van der Waals surface area contributed by atoms with Gasteiger partial charge < -0.3 is 4.74 Å². The summed E-state index contributed by atoms with van der Waals surface area (Å²) in [7, 11) is 0. The summed E-state index contributed by atoms with van der Waals surface area (Å²) in [5, 5.41) is 3.18. The maximum atomic E-state index is 11.5. The van der Waals surface area contributed by atoms with Crippen LogP contribution < -0.4 is 0 Å². The van der Waals surface area contributed by atoms with Crippen LogP contribution in [0.5, 0.6) is 0 Å². The number of hydrogen-bond acceptors (Lipinski definition) is 5. The van der Waals surface area contributed by atoms with Crippen LogP contribution in [0.15, 0.2) is 18.0 Å². The Morgan fingerprint density at radius 1 is 1.63 bits per heavy atom. The van der Waals surface area contributed by atoms with Gasteiger partial charge in [-0.25, -0.2) is 4.98 Å². The van der Waals surface area contributed by atoms with Crippen molar-refractivity contribution in [3.05, 3.63) is 28.7 Å². The Hall–Kier alpha value is -1.20. The first kappa shape index (κ1) is 15.9. The maximum Gasteiger partial charge on any atom is 0.320 e. The van der Waals surface area contributed by atoms with Gasteiger partial charge in [0, 0.05) is 24.4 Å². The van der Waals surface area contributed by atoms with Crippen LogP contribution in [-0.2, 0) is 16.1 Å². The second kappa shape index (κ2) is 8.07. The summed E-state index contributed by atoms with van der Waals surface area (Å²) < 4.78 is 4.97. The zero-order valence-electron chi connectivity index (χ0n) is 11.9. The fraction of sp³-hybridized carbons (Fsp3) is 0.571. The monoisotopic (exact) mass is 282 g/mol. The van der Waals surface area contributed by atoms with Crippen LogP contribution in [-0.4, -0.2) is 35.5 Å². The molecule has 0 aliphatic heterocycles. The minimum absolute atomic E-state index is 0.205. The highest BCUT2D eigenvalue weighted by Crippen LogP contribution is 2.19. The van der Waals surface area contributed by atoms with Crippen LogP contribution in [0.3, 0.4) is 0 Å². The molecule has 4 nitrogen and oxygen atoms in total. The number of esters is 1. The van der Waals surface area contributed by atoms with Crippen molar-refractivity contribution in [3.63, 3.8) is 0 Å². The van der Waals surface area contributed by atoms with Gasteiger partial charge in [0.15, 0.2) is 0 Å². The van der Waals surface area contributed by atoms with Gasteiger partial charge in [-0.3, -0.25) is 9.69 Å². The summed E-state index contributed by atoms with van der Waals surface area (Å²) in [6.45, 7) is 11.8. The second-order valence-electron chi connectivity index (χ2n) is 4.60. The Bertz CT molecular complexity index is 415. The van der Waals surface area contributed by atoms with Gasteiger partial charge in [-0.05, 0) is 6.92 Å². The summed E-state index contributed by atoms with van der Waals surface area (Å²) >= 11 is 1.67. The van der Waals surface area contributed by atoms with E-state index < -0.39 is 0 Å². The lowest BCUT2D eigenvalue weighted by Crippen LogP contribution is -2.31. The summed E-state index contributed by atoms with van der Waals surface area (Å²) in [4.78, 5) is 18.1. The van der Waals surface area contributed by atoms with Crippen molar-refractivity contribution < 1.29 is 9.53 Å². The predicted molar refractivity (Wildman–Crippen MR) is 78.3 cm³/mol. The molecule has 1 aromatic heterocycles. The lowest BCUT2D eigenvalue weighted by Gasteiger charge is -2.18. The van der Waals surface area contributed by atoms with Crippen molar-refractivity contribution >= 4 is 17.3 Å². The number of hydrogen-bond donors (Lipinski definition) is 0. The van der Waals surface area contributed by atoms with E-state index in [1.165, 1.54) is 0 Å². The molecule has 1 rings (SSSR count). The summed E-state index contributed by atoms with van der Waals surface area (Å²) in [5.41, 5.74) is 1.000. The molecule has 0 bridgehead atoms. The van der Waals surface area contributed by atoms with Gasteiger partial charge in [-0.1, -0.05) is 19.9 Å². The molecule has 0 aliphatic rings. The van der Waals surface area contributed by atoms with E-state index >= 15 is 0 Å². The summed E-state index contributed by atoms with van der Waals surface area (Å²) in [5.74, 6) is 0.236. The molecule has 0 saturated carbocycles. The molecule has 0 atom stereocenters. The molecular formula is C14H22N2O2S. The third-order valence-electron chi connectivity index (χ3n) is 2.49. The van der Waals surface area contributed by atoms with Crippen molar-refractivity contribution in [2.75, 3.05) is 19.7 Å². The van der Waals surface area contributed by atoms with Gasteiger partial charge in [0.1, 0.15) is 0 Å². The molecule has 0 aromatic carbocycles. The lowest BCUT2D eigenvalue weighted by atomic mass is 10.2. The standard InChI is InChI=1S/C14H22N2O2S/c1-5-7-16(9-13(17)18-6-2)8-12-10-19-14(15-12)11(3)4/h5,10-11H,1,6-9H2,2-4H3. The molecular weight excluding hydrogens is 260 g/mol. The fourth-order valence-corrected chi connectivity index (χ4v) is 2.47. The molecule has 19 heavy (non-hydrogen) atoms. The molecule has 0 radical (unpaired) electrons. The quantitative estimate of drug-likeness (QED) is 0.543. The molecule has 0 unspecified atom stereocenters. The molecule has 0 spiro atoms. The number of nitrogens with zero attached hydrogens (tertiary/aromatic N) is 2. The zero-order chi connectivity index (χ0) is 14.3. The summed E-state index contributed by atoms with van der Waals surface area (Å²) in [6, 6.07) is 0. The Balaban J connectivity index is 2.61. The highest BCUT2D eigenvalue weighted by Gasteiger charge is 2.13. The van der Waals surface area contributed by atoms with E-state index in [9.17, 15) is 4.79 Å². The van der Waals surface area contributed by atoms with E-state index in [1.54, 1.807) is 17.4 Å². The molecule has 0 amide bonds. The van der Waals surface area contributed by atoms with Crippen molar-refractivity contribution in [2.24, 2.45) is 0 Å². The first-order valence-electron chi connectivity index (χ1n) is 6.50. The average Bonchev–Trinajstić information content (AvgIpc) is 2.78. The first-order chi connectivity index (χ1) is 9.06. The van der Waals surface area contributed by atoms with E-state index in [4.69, 9.17) is 4.74 Å². The van der Waals surface area contributed by atoms with E-state index in [0.717, 1.165) is 10.7 Å². The van der Waals surface area contributed by atoms with Crippen molar-refractivity contribution in [1.29, 1.82) is 0 Å². The molecule has 1 heterocycles. The van der Waals surface area contributed by atoms with E-state index in [1.807, 2.05) is 11.8 Å². The number of rotatable bonds is 8. The molecule has 0 fully saturated rings. The van der Waals surface area contributed by atoms with Crippen LogP contribution in [0.4, 0.5) is 0 Å². The van der Waals surface area contributed by atoms with Crippen LogP contribution >= 0.6 is 11.3 Å². The smallest absolute Gasteiger partial charge is 0.320 e. The third kappa shape index (κ3) is 5.53. The van der Waals surface area contributed by atoms with Crippen molar-refractivity contribution in [3.8, 4) is 0 Å². The van der Waals surface area contributed by atoms with Gasteiger partial charge in [-0.2, -0.15) is 0 Å². The molecule has 0 saturated heterocycles. The predicted octanol–water partition coefficient (Wildman–Crippen LogP) is 2.82. The topological polar surface area (TPSA) is 42.4 Å². The minimum Gasteiger partial charge on any atom is -0.465 e. The normalized spacial score (nSPS) is 11.0. The summed E-state index contributed by atoms with van der Waals surface area (Å²) in [6.07, 6.45) is 1.79. The Morgan fingerprint density at radius 3 is 2.89 bits per heavy atom. The van der Waals surface area contributed by atoms with Crippen LogP contribution in [0.25, 0.3) is 0 Å². The van der Waals surface area contributed by atoms with Gasteiger partial charge >= 0.3 is 5.97 Å². The number of carbonyl (C=O) groups is 1. The second-order valence-corrected chi connectivity index (χ2v) is 5.48. The minimum atomic E-state index is -0.205. The fourth-order valence-electron chi connectivity index (χ4n) is 1.65. The van der Waals surface area contributed by atoms with E-state index in [0.29, 0.717) is 25.6 Å². The SMILES string of the molecule is C=CCN(CC(=O)OCC)Cc1csc(C(C)C)n1. The number of carbonyl (C=O) groups excluding carboxylic acids is 1. The Kier molecular flexibility index (Phi) is 6.73. The first-order valence-corrected chi connectivity index (χ1v) is 7.38. The molecule has 0 aliphatic carbocycles. The number of ether oxygens (including phenoxy) is 1. The Labute approximate surface area is 119 Å².